The van der Waals surface area contributed by atoms with Crippen LogP contribution in [0, 0.1) is 0 Å². The third kappa shape index (κ3) is 4.21. The molecule has 0 aliphatic heterocycles. The Labute approximate surface area is 131 Å². The highest BCUT2D eigenvalue weighted by Gasteiger charge is 2.15. The standard InChI is InChI=1S/C17H21ClN2O/c1-20(12-13-4-3-5-16(10-13)21-2)17(11-19)14-6-8-15(18)9-7-14/h3-10,17H,11-12,19H2,1-2H3. The van der Waals surface area contributed by atoms with Crippen molar-refractivity contribution in [1.29, 1.82) is 0 Å². The summed E-state index contributed by atoms with van der Waals surface area (Å²) < 4.78 is 5.26. The minimum atomic E-state index is 0.161. The minimum absolute atomic E-state index is 0.161. The zero-order valence-electron chi connectivity index (χ0n) is 12.4. The van der Waals surface area contributed by atoms with Crippen LogP contribution in [0.2, 0.25) is 5.02 Å². The molecule has 1 unspecified atom stereocenters. The lowest BCUT2D eigenvalue weighted by molar-refractivity contribution is 0.241. The van der Waals surface area contributed by atoms with E-state index in [9.17, 15) is 0 Å². The Kier molecular flexibility index (Phi) is 5.62. The lowest BCUT2D eigenvalue weighted by Crippen LogP contribution is -2.30. The molecule has 2 N–H and O–H groups in total. The van der Waals surface area contributed by atoms with Crippen molar-refractivity contribution >= 4 is 11.6 Å². The predicted octanol–water partition coefficient (Wildman–Crippen LogP) is 3.48. The van der Waals surface area contributed by atoms with E-state index in [1.165, 1.54) is 11.1 Å². The molecule has 0 saturated carbocycles. The summed E-state index contributed by atoms with van der Waals surface area (Å²) in [6.07, 6.45) is 0. The monoisotopic (exact) mass is 304 g/mol. The average molecular weight is 305 g/mol. The fraction of sp³-hybridized carbons (Fsp3) is 0.294. The molecule has 0 amide bonds. The van der Waals surface area contributed by atoms with E-state index >= 15 is 0 Å². The lowest BCUT2D eigenvalue weighted by atomic mass is 10.0. The molecule has 2 aromatic rings. The van der Waals surface area contributed by atoms with Gasteiger partial charge in [-0.25, -0.2) is 0 Å². The van der Waals surface area contributed by atoms with Gasteiger partial charge in [-0.05, 0) is 42.4 Å². The maximum absolute atomic E-state index is 5.95. The van der Waals surface area contributed by atoms with E-state index in [2.05, 4.69) is 18.0 Å². The molecule has 1 atom stereocenters. The number of hydrogen-bond acceptors (Lipinski definition) is 3. The Morgan fingerprint density at radius 2 is 1.90 bits per heavy atom. The molecule has 0 aliphatic rings. The first-order chi connectivity index (χ1) is 10.1. The first kappa shape index (κ1) is 15.8. The third-order valence-corrected chi connectivity index (χ3v) is 3.83. The first-order valence-electron chi connectivity index (χ1n) is 6.92. The van der Waals surface area contributed by atoms with Crippen LogP contribution in [0.5, 0.6) is 5.75 Å². The van der Waals surface area contributed by atoms with Crippen molar-refractivity contribution < 1.29 is 4.74 Å². The molecule has 0 aliphatic carbocycles. The molecule has 0 saturated heterocycles. The van der Waals surface area contributed by atoms with E-state index in [4.69, 9.17) is 22.1 Å². The van der Waals surface area contributed by atoms with Gasteiger partial charge in [-0.15, -0.1) is 0 Å². The molecule has 0 spiro atoms. The van der Waals surface area contributed by atoms with Gasteiger partial charge in [0, 0.05) is 24.2 Å². The van der Waals surface area contributed by atoms with Gasteiger partial charge in [0.15, 0.2) is 0 Å². The van der Waals surface area contributed by atoms with Crippen LogP contribution in [0.3, 0.4) is 0 Å². The number of benzene rings is 2. The van der Waals surface area contributed by atoms with Gasteiger partial charge >= 0.3 is 0 Å². The average Bonchev–Trinajstić information content (AvgIpc) is 2.50. The maximum atomic E-state index is 5.95. The molecule has 2 aromatic carbocycles. The molecular formula is C17H21ClN2O. The van der Waals surface area contributed by atoms with Crippen LogP contribution in [0.1, 0.15) is 17.2 Å². The predicted molar refractivity (Wildman–Crippen MR) is 87.7 cm³/mol. The zero-order chi connectivity index (χ0) is 15.2. The van der Waals surface area contributed by atoms with Crippen LogP contribution in [0.25, 0.3) is 0 Å². The Morgan fingerprint density at radius 1 is 1.19 bits per heavy atom. The van der Waals surface area contributed by atoms with E-state index in [0.29, 0.717) is 6.54 Å². The lowest BCUT2D eigenvalue weighted by Gasteiger charge is -2.27. The summed E-state index contributed by atoms with van der Waals surface area (Å²) in [7, 11) is 3.75. The topological polar surface area (TPSA) is 38.5 Å². The van der Waals surface area contributed by atoms with E-state index in [-0.39, 0.29) is 6.04 Å². The number of nitrogens with two attached hydrogens (primary N) is 1. The van der Waals surface area contributed by atoms with Crippen molar-refractivity contribution in [3.63, 3.8) is 0 Å². The molecule has 4 heteroatoms. The number of likely N-dealkylation sites (N-methyl/N-ethyl adjacent to an activating group) is 1. The zero-order valence-corrected chi connectivity index (χ0v) is 13.2. The molecule has 0 fully saturated rings. The van der Waals surface area contributed by atoms with Gasteiger partial charge in [0.25, 0.3) is 0 Å². The normalized spacial score (nSPS) is 12.4. The molecule has 0 aromatic heterocycles. The van der Waals surface area contributed by atoms with Crippen LogP contribution >= 0.6 is 11.6 Å². The van der Waals surface area contributed by atoms with Crippen LogP contribution in [0.4, 0.5) is 0 Å². The second-order valence-corrected chi connectivity index (χ2v) is 5.51. The van der Waals surface area contributed by atoms with Crippen molar-refractivity contribution in [2.24, 2.45) is 5.73 Å². The number of methoxy groups -OCH3 is 1. The van der Waals surface area contributed by atoms with Crippen LogP contribution in [0.15, 0.2) is 48.5 Å². The number of hydrogen-bond donors (Lipinski definition) is 1. The summed E-state index contributed by atoms with van der Waals surface area (Å²) in [5.41, 5.74) is 8.33. The van der Waals surface area contributed by atoms with Gasteiger partial charge in [0.05, 0.1) is 7.11 Å². The second-order valence-electron chi connectivity index (χ2n) is 5.07. The third-order valence-electron chi connectivity index (χ3n) is 3.58. The van der Waals surface area contributed by atoms with Crippen molar-refractivity contribution in [2.45, 2.75) is 12.6 Å². The fourth-order valence-electron chi connectivity index (χ4n) is 2.42. The Hall–Kier alpha value is -1.55. The Morgan fingerprint density at radius 3 is 2.52 bits per heavy atom. The van der Waals surface area contributed by atoms with Crippen molar-refractivity contribution in [3.8, 4) is 5.75 Å². The van der Waals surface area contributed by atoms with Gasteiger partial charge in [-0.3, -0.25) is 4.90 Å². The van der Waals surface area contributed by atoms with Crippen molar-refractivity contribution in [1.82, 2.24) is 4.90 Å². The van der Waals surface area contributed by atoms with Gasteiger partial charge in [-0.1, -0.05) is 35.9 Å². The second kappa shape index (κ2) is 7.46. The quantitative estimate of drug-likeness (QED) is 0.888. The summed E-state index contributed by atoms with van der Waals surface area (Å²) in [5.74, 6) is 0.872. The van der Waals surface area contributed by atoms with E-state index in [1.807, 2.05) is 42.5 Å². The summed E-state index contributed by atoms with van der Waals surface area (Å²) >= 11 is 5.94. The number of ether oxygens (including phenoxy) is 1. The fourth-order valence-corrected chi connectivity index (χ4v) is 2.55. The summed E-state index contributed by atoms with van der Waals surface area (Å²) in [6, 6.07) is 16.1. The molecule has 112 valence electrons. The summed E-state index contributed by atoms with van der Waals surface area (Å²) in [6.45, 7) is 1.36. The SMILES string of the molecule is COc1cccc(CN(C)C(CN)c2ccc(Cl)cc2)c1. The van der Waals surface area contributed by atoms with Crippen LogP contribution in [-0.4, -0.2) is 25.6 Å². The smallest absolute Gasteiger partial charge is 0.119 e. The summed E-state index contributed by atoms with van der Waals surface area (Å²) in [5, 5.41) is 0.741. The highest BCUT2D eigenvalue weighted by molar-refractivity contribution is 6.30. The number of rotatable bonds is 6. The van der Waals surface area contributed by atoms with Gasteiger partial charge < -0.3 is 10.5 Å². The van der Waals surface area contributed by atoms with Crippen LogP contribution in [-0.2, 0) is 6.54 Å². The largest absolute Gasteiger partial charge is 0.497 e. The maximum Gasteiger partial charge on any atom is 0.119 e. The molecule has 0 radical (unpaired) electrons. The van der Waals surface area contributed by atoms with Gasteiger partial charge in [0.1, 0.15) is 5.75 Å². The van der Waals surface area contributed by atoms with E-state index in [1.54, 1.807) is 7.11 Å². The molecular weight excluding hydrogens is 284 g/mol. The molecule has 2 rings (SSSR count). The van der Waals surface area contributed by atoms with Crippen molar-refractivity contribution in [3.05, 3.63) is 64.7 Å². The van der Waals surface area contributed by atoms with E-state index in [0.717, 1.165) is 17.3 Å². The first-order valence-corrected chi connectivity index (χ1v) is 7.30. The van der Waals surface area contributed by atoms with Crippen LogP contribution < -0.4 is 10.5 Å². The molecule has 21 heavy (non-hydrogen) atoms. The Balaban J connectivity index is 2.12. The summed E-state index contributed by atoms with van der Waals surface area (Å²) in [4.78, 5) is 2.23. The van der Waals surface area contributed by atoms with Gasteiger partial charge in [0.2, 0.25) is 0 Å². The molecule has 3 nitrogen and oxygen atoms in total. The highest BCUT2D eigenvalue weighted by atomic mass is 35.5. The number of halogens is 1. The van der Waals surface area contributed by atoms with E-state index < -0.39 is 0 Å². The molecule has 0 bridgehead atoms. The minimum Gasteiger partial charge on any atom is -0.497 e. The molecule has 0 heterocycles. The van der Waals surface area contributed by atoms with Crippen molar-refractivity contribution in [2.75, 3.05) is 20.7 Å². The number of nitrogens with zero attached hydrogens (tertiary/aromatic N) is 1. The van der Waals surface area contributed by atoms with Gasteiger partial charge in [-0.2, -0.15) is 0 Å². The Bertz CT molecular complexity index is 571. The highest BCUT2D eigenvalue weighted by Crippen LogP contribution is 2.23.